The molecule has 3 atom stereocenters. The first-order chi connectivity index (χ1) is 9.93. The second-order valence-electron chi connectivity index (χ2n) is 6.94. The molecule has 0 radical (unpaired) electrons. The van der Waals surface area contributed by atoms with Crippen molar-refractivity contribution in [3.63, 3.8) is 0 Å². The number of carbonyl (C=O) groups is 1. The Balaban J connectivity index is 2.41. The van der Waals surface area contributed by atoms with E-state index in [9.17, 15) is 4.79 Å². The highest BCUT2D eigenvalue weighted by Crippen LogP contribution is 2.18. The third-order valence-electron chi connectivity index (χ3n) is 4.40. The van der Waals surface area contributed by atoms with Gasteiger partial charge in [-0.1, -0.05) is 27.2 Å². The molecule has 0 saturated carbocycles. The van der Waals surface area contributed by atoms with Gasteiger partial charge in [-0.15, -0.1) is 0 Å². The lowest BCUT2D eigenvalue weighted by Gasteiger charge is -2.36. The fourth-order valence-corrected chi connectivity index (χ4v) is 3.05. The van der Waals surface area contributed by atoms with Crippen molar-refractivity contribution in [2.45, 2.75) is 78.4 Å². The molecule has 0 bridgehead atoms. The normalized spacial score (nSPS) is 23.0. The Hall–Kier alpha value is -0.610. The number of likely N-dealkylation sites (tertiary alicyclic amines) is 1. The first-order valence-corrected chi connectivity index (χ1v) is 8.71. The molecule has 1 saturated heterocycles. The second-order valence-corrected chi connectivity index (χ2v) is 6.94. The summed E-state index contributed by atoms with van der Waals surface area (Å²) in [5.74, 6) is 0.859. The third-order valence-corrected chi connectivity index (χ3v) is 4.40. The average molecular weight is 297 g/mol. The Bertz CT molecular complexity index is 306. The van der Waals surface area contributed by atoms with Crippen molar-refractivity contribution in [3.05, 3.63) is 0 Å². The molecule has 4 nitrogen and oxygen atoms in total. The number of carbonyl (C=O) groups excluding carboxylic acids is 1. The highest BCUT2D eigenvalue weighted by molar-refractivity contribution is 5.81. The minimum atomic E-state index is -0.00819. The first kappa shape index (κ1) is 18.4. The van der Waals surface area contributed by atoms with Crippen molar-refractivity contribution in [2.24, 2.45) is 5.92 Å². The van der Waals surface area contributed by atoms with Gasteiger partial charge in [0.2, 0.25) is 5.91 Å². The van der Waals surface area contributed by atoms with E-state index in [4.69, 9.17) is 0 Å². The van der Waals surface area contributed by atoms with E-state index in [1.165, 1.54) is 12.8 Å². The van der Waals surface area contributed by atoms with Crippen LogP contribution in [0.5, 0.6) is 0 Å². The summed E-state index contributed by atoms with van der Waals surface area (Å²) < 4.78 is 0. The Kier molecular flexibility index (Phi) is 8.27. The van der Waals surface area contributed by atoms with Gasteiger partial charge in [-0.25, -0.2) is 0 Å². The topological polar surface area (TPSA) is 44.4 Å². The largest absolute Gasteiger partial charge is 0.352 e. The van der Waals surface area contributed by atoms with Crippen LogP contribution in [0, 0.1) is 5.92 Å². The van der Waals surface area contributed by atoms with E-state index in [-0.39, 0.29) is 18.0 Å². The van der Waals surface area contributed by atoms with Crippen molar-refractivity contribution in [3.8, 4) is 0 Å². The number of nitrogens with one attached hydrogen (secondary N) is 2. The van der Waals surface area contributed by atoms with Gasteiger partial charge in [-0.3, -0.25) is 9.69 Å². The Morgan fingerprint density at radius 2 is 2.00 bits per heavy atom. The second kappa shape index (κ2) is 9.42. The van der Waals surface area contributed by atoms with Crippen LogP contribution < -0.4 is 10.6 Å². The highest BCUT2D eigenvalue weighted by atomic mass is 16.2. The molecule has 0 aromatic rings. The van der Waals surface area contributed by atoms with Crippen LogP contribution in [-0.4, -0.2) is 48.6 Å². The third kappa shape index (κ3) is 6.79. The lowest BCUT2D eigenvalue weighted by molar-refractivity contribution is -0.127. The van der Waals surface area contributed by atoms with E-state index < -0.39 is 0 Å². The van der Waals surface area contributed by atoms with E-state index in [2.05, 4.69) is 43.2 Å². The van der Waals surface area contributed by atoms with Crippen molar-refractivity contribution in [1.29, 1.82) is 0 Å². The van der Waals surface area contributed by atoms with Crippen LogP contribution >= 0.6 is 0 Å². The van der Waals surface area contributed by atoms with Crippen molar-refractivity contribution in [2.75, 3.05) is 19.6 Å². The quantitative estimate of drug-likeness (QED) is 0.723. The predicted molar refractivity (Wildman–Crippen MR) is 89.4 cm³/mol. The maximum Gasteiger partial charge on any atom is 0.237 e. The smallest absolute Gasteiger partial charge is 0.237 e. The maximum absolute atomic E-state index is 12.3. The Morgan fingerprint density at radius 1 is 1.29 bits per heavy atom. The molecular formula is C17H35N3O. The van der Waals surface area contributed by atoms with Crippen LogP contribution in [0.2, 0.25) is 0 Å². The summed E-state index contributed by atoms with van der Waals surface area (Å²) >= 11 is 0. The molecular weight excluding hydrogens is 262 g/mol. The van der Waals surface area contributed by atoms with E-state index in [0.29, 0.717) is 12.0 Å². The van der Waals surface area contributed by atoms with E-state index in [0.717, 1.165) is 32.5 Å². The van der Waals surface area contributed by atoms with Crippen LogP contribution in [0.1, 0.15) is 60.3 Å². The van der Waals surface area contributed by atoms with Gasteiger partial charge in [0, 0.05) is 18.6 Å². The standard InChI is InChI=1S/C17H35N3O/c1-6-8-14(4)19-17(21)15(5)20-10-7-9-16(12-20)11-18-13(2)3/h13-16,18H,6-12H2,1-5H3,(H,19,21). The van der Waals surface area contributed by atoms with Gasteiger partial charge >= 0.3 is 0 Å². The number of piperidine rings is 1. The molecule has 4 heteroatoms. The lowest BCUT2D eigenvalue weighted by atomic mass is 9.96. The van der Waals surface area contributed by atoms with Crippen molar-refractivity contribution >= 4 is 5.91 Å². The monoisotopic (exact) mass is 297 g/mol. The zero-order valence-electron chi connectivity index (χ0n) is 14.6. The fourth-order valence-electron chi connectivity index (χ4n) is 3.05. The van der Waals surface area contributed by atoms with Crippen LogP contribution in [0.25, 0.3) is 0 Å². The van der Waals surface area contributed by atoms with Crippen LogP contribution in [0.15, 0.2) is 0 Å². The number of hydrogen-bond donors (Lipinski definition) is 2. The summed E-state index contributed by atoms with van der Waals surface area (Å²) in [5, 5.41) is 6.67. The summed E-state index contributed by atoms with van der Waals surface area (Å²) in [7, 11) is 0. The molecule has 0 spiro atoms. The summed E-state index contributed by atoms with van der Waals surface area (Å²) in [5.41, 5.74) is 0. The van der Waals surface area contributed by atoms with Gasteiger partial charge in [0.05, 0.1) is 6.04 Å². The molecule has 0 aromatic carbocycles. The fraction of sp³-hybridized carbons (Fsp3) is 0.941. The lowest BCUT2D eigenvalue weighted by Crippen LogP contribution is -2.51. The zero-order valence-corrected chi connectivity index (χ0v) is 14.6. The number of nitrogens with zero attached hydrogens (tertiary/aromatic N) is 1. The van der Waals surface area contributed by atoms with Gasteiger partial charge in [-0.05, 0) is 52.1 Å². The summed E-state index contributed by atoms with van der Waals surface area (Å²) in [6, 6.07) is 0.815. The minimum Gasteiger partial charge on any atom is -0.352 e. The van der Waals surface area contributed by atoms with Crippen molar-refractivity contribution in [1.82, 2.24) is 15.5 Å². The molecule has 1 aliphatic rings. The van der Waals surface area contributed by atoms with Crippen LogP contribution in [0.3, 0.4) is 0 Å². The van der Waals surface area contributed by atoms with Crippen molar-refractivity contribution < 1.29 is 4.79 Å². The molecule has 1 rings (SSSR count). The minimum absolute atomic E-state index is 0.00819. The summed E-state index contributed by atoms with van der Waals surface area (Å²) in [6.07, 6.45) is 4.64. The molecule has 1 aliphatic heterocycles. The number of rotatable bonds is 8. The van der Waals surface area contributed by atoms with Gasteiger partial charge in [0.1, 0.15) is 0 Å². The molecule has 1 heterocycles. The first-order valence-electron chi connectivity index (χ1n) is 8.71. The molecule has 1 fully saturated rings. The summed E-state index contributed by atoms with van der Waals surface area (Å²) in [4.78, 5) is 14.7. The van der Waals surface area contributed by atoms with Crippen LogP contribution in [-0.2, 0) is 4.79 Å². The maximum atomic E-state index is 12.3. The van der Waals surface area contributed by atoms with E-state index in [1.807, 2.05) is 6.92 Å². The van der Waals surface area contributed by atoms with E-state index in [1.54, 1.807) is 0 Å². The molecule has 1 amide bonds. The SMILES string of the molecule is CCCC(C)NC(=O)C(C)N1CCCC(CNC(C)C)C1. The van der Waals surface area contributed by atoms with Gasteiger partial charge in [-0.2, -0.15) is 0 Å². The molecule has 21 heavy (non-hydrogen) atoms. The number of amides is 1. The zero-order chi connectivity index (χ0) is 15.8. The van der Waals surface area contributed by atoms with E-state index >= 15 is 0 Å². The predicted octanol–water partition coefficient (Wildman–Crippen LogP) is 2.39. The average Bonchev–Trinajstić information content (AvgIpc) is 2.44. The van der Waals surface area contributed by atoms with Gasteiger partial charge < -0.3 is 10.6 Å². The Morgan fingerprint density at radius 3 is 2.62 bits per heavy atom. The Labute approximate surface area is 131 Å². The van der Waals surface area contributed by atoms with Gasteiger partial charge in [0.15, 0.2) is 0 Å². The van der Waals surface area contributed by atoms with Gasteiger partial charge in [0.25, 0.3) is 0 Å². The molecule has 2 N–H and O–H groups in total. The molecule has 0 aromatic heterocycles. The highest BCUT2D eigenvalue weighted by Gasteiger charge is 2.27. The summed E-state index contributed by atoms with van der Waals surface area (Å²) in [6.45, 7) is 13.8. The molecule has 0 aliphatic carbocycles. The number of hydrogen-bond acceptors (Lipinski definition) is 3. The molecule has 3 unspecified atom stereocenters. The van der Waals surface area contributed by atoms with Crippen LogP contribution in [0.4, 0.5) is 0 Å². The molecule has 124 valence electrons.